The molecule has 0 N–H and O–H groups in total. The zero-order chi connectivity index (χ0) is 13.8. The maximum absolute atomic E-state index is 12.3. The summed E-state index contributed by atoms with van der Waals surface area (Å²) in [5.41, 5.74) is -0.0513. The minimum Gasteiger partial charge on any atom is -0.405 e. The Hall–Kier alpha value is -0.690. The van der Waals surface area contributed by atoms with Gasteiger partial charge in [-0.2, -0.15) is 0 Å². The Morgan fingerprint density at radius 1 is 1.44 bits per heavy atom. The lowest BCUT2D eigenvalue weighted by Gasteiger charge is -2.13. The number of ketones is 1. The number of alkyl halides is 4. The molecular weight excluding hydrogens is 333 g/mol. The van der Waals surface area contributed by atoms with Crippen molar-refractivity contribution in [2.24, 2.45) is 0 Å². The van der Waals surface area contributed by atoms with E-state index in [9.17, 15) is 18.0 Å². The van der Waals surface area contributed by atoms with Crippen molar-refractivity contribution < 1.29 is 22.7 Å². The standard InChI is InChI=1S/C11H10BrF3O2S/c1-18-7-2-3-8(9(16)4-5-12)10(6-7)17-11(13,14)15/h2-3,6H,4-5H2,1H3. The van der Waals surface area contributed by atoms with Gasteiger partial charge in [-0.3, -0.25) is 4.79 Å². The molecule has 2 nitrogen and oxygen atoms in total. The number of ether oxygens (including phenoxy) is 1. The Morgan fingerprint density at radius 3 is 2.61 bits per heavy atom. The minimum atomic E-state index is -4.81. The number of Topliss-reactive ketones (excluding diaryl/α,β-unsaturated/α-hetero) is 1. The fourth-order valence-electron chi connectivity index (χ4n) is 1.29. The average molecular weight is 343 g/mol. The van der Waals surface area contributed by atoms with Gasteiger partial charge in [0.25, 0.3) is 0 Å². The molecule has 7 heteroatoms. The highest BCUT2D eigenvalue weighted by Crippen LogP contribution is 2.31. The van der Waals surface area contributed by atoms with Crippen LogP contribution in [0, 0.1) is 0 Å². The predicted octanol–water partition coefficient (Wildman–Crippen LogP) is 4.27. The molecule has 0 bridgehead atoms. The fraction of sp³-hybridized carbons (Fsp3) is 0.364. The van der Waals surface area contributed by atoms with Gasteiger partial charge >= 0.3 is 6.36 Å². The Bertz CT molecular complexity index is 435. The van der Waals surface area contributed by atoms with E-state index in [1.807, 2.05) is 0 Å². The van der Waals surface area contributed by atoms with E-state index in [0.717, 1.165) is 0 Å². The van der Waals surface area contributed by atoms with Crippen molar-refractivity contribution in [3.63, 3.8) is 0 Å². The van der Waals surface area contributed by atoms with Crippen LogP contribution < -0.4 is 4.74 Å². The highest BCUT2D eigenvalue weighted by Gasteiger charge is 2.33. The van der Waals surface area contributed by atoms with Crippen molar-refractivity contribution in [3.8, 4) is 5.75 Å². The van der Waals surface area contributed by atoms with Crippen LogP contribution >= 0.6 is 27.7 Å². The Labute approximate surface area is 115 Å². The Morgan fingerprint density at radius 2 is 2.11 bits per heavy atom. The molecule has 0 aromatic heterocycles. The van der Waals surface area contributed by atoms with Gasteiger partial charge in [0.1, 0.15) is 5.75 Å². The van der Waals surface area contributed by atoms with E-state index < -0.39 is 17.9 Å². The number of benzene rings is 1. The summed E-state index contributed by atoms with van der Waals surface area (Å²) in [7, 11) is 0. The molecule has 0 aliphatic rings. The molecular formula is C11H10BrF3O2S. The van der Waals surface area contributed by atoms with Gasteiger partial charge in [-0.15, -0.1) is 24.9 Å². The highest BCUT2D eigenvalue weighted by atomic mass is 79.9. The Kier molecular flexibility index (Phi) is 5.52. The molecule has 0 fully saturated rings. The average Bonchev–Trinajstić information content (AvgIpc) is 2.27. The Balaban J connectivity index is 3.12. The normalized spacial score (nSPS) is 11.4. The van der Waals surface area contributed by atoms with Crippen LogP contribution in [0.25, 0.3) is 0 Å². The lowest BCUT2D eigenvalue weighted by atomic mass is 10.1. The van der Waals surface area contributed by atoms with E-state index in [4.69, 9.17) is 0 Å². The van der Waals surface area contributed by atoms with Gasteiger partial charge in [0.2, 0.25) is 0 Å². The lowest BCUT2D eigenvalue weighted by Crippen LogP contribution is -2.19. The summed E-state index contributed by atoms with van der Waals surface area (Å²) in [5.74, 6) is -0.834. The zero-order valence-corrected chi connectivity index (χ0v) is 11.8. The number of thioether (sulfide) groups is 1. The number of carbonyl (C=O) groups is 1. The molecule has 0 radical (unpaired) electrons. The van der Waals surface area contributed by atoms with E-state index in [2.05, 4.69) is 20.7 Å². The van der Waals surface area contributed by atoms with Crippen molar-refractivity contribution in [3.05, 3.63) is 23.8 Å². The third-order valence-corrected chi connectivity index (χ3v) is 3.16. The van der Waals surface area contributed by atoms with E-state index in [0.29, 0.717) is 10.2 Å². The first kappa shape index (κ1) is 15.4. The molecule has 18 heavy (non-hydrogen) atoms. The maximum Gasteiger partial charge on any atom is 0.573 e. The molecule has 100 valence electrons. The monoisotopic (exact) mass is 342 g/mol. The number of hydrogen-bond acceptors (Lipinski definition) is 3. The van der Waals surface area contributed by atoms with Gasteiger partial charge in [0, 0.05) is 16.6 Å². The molecule has 1 aromatic rings. The van der Waals surface area contributed by atoms with Crippen molar-refractivity contribution in [2.45, 2.75) is 17.7 Å². The summed E-state index contributed by atoms with van der Waals surface area (Å²) in [6.07, 6.45) is -2.96. The van der Waals surface area contributed by atoms with Crippen molar-refractivity contribution in [1.82, 2.24) is 0 Å². The second-order valence-electron chi connectivity index (χ2n) is 3.27. The molecule has 0 aliphatic carbocycles. The molecule has 0 atom stereocenters. The quantitative estimate of drug-likeness (QED) is 0.454. The lowest BCUT2D eigenvalue weighted by molar-refractivity contribution is -0.274. The zero-order valence-electron chi connectivity index (χ0n) is 9.38. The molecule has 0 aliphatic heterocycles. The smallest absolute Gasteiger partial charge is 0.405 e. The van der Waals surface area contributed by atoms with Gasteiger partial charge < -0.3 is 4.74 Å². The summed E-state index contributed by atoms with van der Waals surface area (Å²) in [4.78, 5) is 12.3. The van der Waals surface area contributed by atoms with Crippen LogP contribution in [0.1, 0.15) is 16.8 Å². The third-order valence-electron chi connectivity index (χ3n) is 2.04. The number of halogens is 4. The fourth-order valence-corrected chi connectivity index (χ4v) is 2.08. The van der Waals surface area contributed by atoms with Crippen molar-refractivity contribution >= 4 is 33.5 Å². The van der Waals surface area contributed by atoms with Crippen LogP contribution in [0.2, 0.25) is 0 Å². The molecule has 0 amide bonds. The van der Waals surface area contributed by atoms with Crippen LogP contribution in [0.15, 0.2) is 23.1 Å². The number of hydrogen-bond donors (Lipinski definition) is 0. The molecule has 0 saturated heterocycles. The largest absolute Gasteiger partial charge is 0.573 e. The van der Waals surface area contributed by atoms with Gasteiger partial charge in [0.05, 0.1) is 5.56 Å². The topological polar surface area (TPSA) is 26.3 Å². The summed E-state index contributed by atoms with van der Waals surface area (Å²) >= 11 is 4.35. The van der Waals surface area contributed by atoms with Crippen LogP contribution in [-0.4, -0.2) is 23.7 Å². The first-order chi connectivity index (χ1) is 8.37. The third kappa shape index (κ3) is 4.53. The van der Waals surface area contributed by atoms with E-state index in [1.165, 1.54) is 23.9 Å². The van der Waals surface area contributed by atoms with Gasteiger partial charge in [-0.25, -0.2) is 0 Å². The van der Waals surface area contributed by atoms with E-state index in [-0.39, 0.29) is 12.0 Å². The summed E-state index contributed by atoms with van der Waals surface area (Å²) < 4.78 is 40.7. The molecule has 0 heterocycles. The summed E-state index contributed by atoms with van der Waals surface area (Å²) in [6, 6.07) is 4.17. The van der Waals surface area contributed by atoms with Crippen LogP contribution in [-0.2, 0) is 0 Å². The van der Waals surface area contributed by atoms with Gasteiger partial charge in [-0.1, -0.05) is 15.9 Å². The molecule has 0 unspecified atom stereocenters. The van der Waals surface area contributed by atoms with Gasteiger partial charge in [0.15, 0.2) is 5.78 Å². The van der Waals surface area contributed by atoms with Crippen LogP contribution in [0.3, 0.4) is 0 Å². The second kappa shape index (κ2) is 6.47. The summed E-state index contributed by atoms with van der Waals surface area (Å²) in [6.45, 7) is 0. The highest BCUT2D eigenvalue weighted by molar-refractivity contribution is 9.09. The molecule has 0 saturated carbocycles. The SMILES string of the molecule is CSc1ccc(C(=O)CCBr)c(OC(F)(F)F)c1. The van der Waals surface area contributed by atoms with E-state index >= 15 is 0 Å². The van der Waals surface area contributed by atoms with Gasteiger partial charge in [-0.05, 0) is 24.5 Å². The molecule has 1 rings (SSSR count). The summed E-state index contributed by atoms with van der Waals surface area (Å²) in [5, 5.41) is 0.390. The van der Waals surface area contributed by atoms with Crippen LogP contribution in [0.4, 0.5) is 13.2 Å². The van der Waals surface area contributed by atoms with E-state index in [1.54, 1.807) is 12.3 Å². The van der Waals surface area contributed by atoms with Crippen molar-refractivity contribution in [1.29, 1.82) is 0 Å². The number of carbonyl (C=O) groups excluding carboxylic acids is 1. The first-order valence-electron chi connectivity index (χ1n) is 4.90. The minimum absolute atomic E-state index is 0.0513. The predicted molar refractivity (Wildman–Crippen MR) is 67.6 cm³/mol. The number of rotatable bonds is 5. The maximum atomic E-state index is 12.3. The first-order valence-corrected chi connectivity index (χ1v) is 7.25. The van der Waals surface area contributed by atoms with Crippen molar-refractivity contribution in [2.75, 3.05) is 11.6 Å². The second-order valence-corrected chi connectivity index (χ2v) is 4.94. The molecule has 1 aromatic carbocycles. The molecule has 0 spiro atoms. The van der Waals surface area contributed by atoms with Crippen LogP contribution in [0.5, 0.6) is 5.75 Å².